The van der Waals surface area contributed by atoms with Crippen molar-refractivity contribution in [1.29, 1.82) is 0 Å². The molecule has 0 aliphatic carbocycles. The highest BCUT2D eigenvalue weighted by Crippen LogP contribution is 2.66. The minimum Gasteiger partial charge on any atom is -0.387 e. The summed E-state index contributed by atoms with van der Waals surface area (Å²) in [7, 11) is -17.2. The van der Waals surface area contributed by atoms with Crippen molar-refractivity contribution in [2.45, 2.75) is 24.2 Å². The summed E-state index contributed by atoms with van der Waals surface area (Å²) in [6.07, 6.45) is -4.99. The quantitative estimate of drug-likeness (QED) is 0.0829. The molecule has 32 heavy (non-hydrogen) atoms. The molecule has 0 amide bonds. The number of phosphoric acid groups is 3. The van der Waals surface area contributed by atoms with Gasteiger partial charge in [0, 0.05) is 11.1 Å². The SMILES string of the molecule is [N-]=[N+]=N[C@]1(COP(=O)(O)OP(=O)(O)OP(=O)(O)O)O[C@@H](n2ccc(N)nc2=O)C(O)C1O. The highest BCUT2D eigenvalue weighted by molar-refractivity contribution is 7.66. The molecule has 1 fully saturated rings. The molecule has 2 heterocycles. The molecule has 0 aromatic carbocycles. The summed E-state index contributed by atoms with van der Waals surface area (Å²) in [5.74, 6) is -0.201. The molecule has 180 valence electrons. The fraction of sp³-hybridized carbons (Fsp3) is 0.556. The third kappa shape index (κ3) is 6.41. The van der Waals surface area contributed by atoms with Crippen LogP contribution < -0.4 is 11.4 Å². The molecule has 1 aromatic rings. The first-order chi connectivity index (χ1) is 14.5. The number of anilines is 1. The second kappa shape index (κ2) is 9.26. The van der Waals surface area contributed by atoms with Crippen LogP contribution in [0.15, 0.2) is 22.2 Å². The number of aliphatic hydroxyl groups is 2. The van der Waals surface area contributed by atoms with Gasteiger partial charge in [0.1, 0.15) is 18.0 Å². The van der Waals surface area contributed by atoms with E-state index in [1.165, 1.54) is 0 Å². The van der Waals surface area contributed by atoms with Crippen molar-refractivity contribution in [2.75, 3.05) is 12.3 Å². The summed E-state index contributed by atoms with van der Waals surface area (Å²) in [5.41, 5.74) is 10.3. The fourth-order valence-corrected chi connectivity index (χ4v) is 5.44. The average molecular weight is 524 g/mol. The number of hydrogen-bond donors (Lipinski definition) is 7. The van der Waals surface area contributed by atoms with E-state index in [2.05, 4.69) is 28.2 Å². The first kappa shape index (κ1) is 26.5. The van der Waals surface area contributed by atoms with E-state index in [0.717, 1.165) is 12.3 Å². The molecule has 20 nitrogen and oxygen atoms in total. The lowest BCUT2D eigenvalue weighted by Gasteiger charge is -2.27. The van der Waals surface area contributed by atoms with Crippen molar-refractivity contribution in [3.05, 3.63) is 33.2 Å². The number of nitrogens with two attached hydrogens (primary N) is 1. The van der Waals surface area contributed by atoms with Crippen LogP contribution in [0.2, 0.25) is 0 Å². The maximum atomic E-state index is 12.0. The normalized spacial score (nSPS) is 29.6. The smallest absolute Gasteiger partial charge is 0.387 e. The number of aromatic nitrogens is 2. The predicted molar refractivity (Wildman–Crippen MR) is 96.7 cm³/mol. The van der Waals surface area contributed by atoms with Gasteiger partial charge in [0.05, 0.1) is 6.61 Å². The van der Waals surface area contributed by atoms with E-state index < -0.39 is 59.9 Å². The Labute approximate surface area is 175 Å². The van der Waals surface area contributed by atoms with Gasteiger partial charge in [-0.1, -0.05) is 5.11 Å². The molecule has 2 rings (SSSR count). The molecule has 23 heteroatoms. The predicted octanol–water partition coefficient (Wildman–Crippen LogP) is -1.57. The van der Waals surface area contributed by atoms with Gasteiger partial charge in [-0.3, -0.25) is 9.09 Å². The largest absolute Gasteiger partial charge is 0.490 e. The van der Waals surface area contributed by atoms with Crippen LogP contribution in [0, 0.1) is 0 Å². The van der Waals surface area contributed by atoms with E-state index >= 15 is 0 Å². The minimum atomic E-state index is -5.86. The highest BCUT2D eigenvalue weighted by atomic mass is 31.3. The number of rotatable bonds is 9. The average Bonchev–Trinajstić information content (AvgIpc) is 2.83. The summed E-state index contributed by atoms with van der Waals surface area (Å²) < 4.78 is 51.0. The number of nitrogens with zero attached hydrogens (tertiary/aromatic N) is 5. The topological polar surface area (TPSA) is 319 Å². The van der Waals surface area contributed by atoms with Crippen LogP contribution in [0.4, 0.5) is 5.82 Å². The minimum absolute atomic E-state index is 0.201. The molecule has 8 N–H and O–H groups in total. The molecule has 1 saturated heterocycles. The third-order valence-corrected chi connectivity index (χ3v) is 7.38. The summed E-state index contributed by atoms with van der Waals surface area (Å²) >= 11 is 0. The second-order valence-electron chi connectivity index (χ2n) is 5.88. The standard InChI is InChI=1S/C9H15N6O14P3/c10-4-1-2-15(8(18)12-4)7-5(16)6(17)9(27-7,13-14-11)3-26-31(22,23)29-32(24,25)28-30(19,20)21/h1-2,5-7,16-17H,3H2,(H,22,23)(H,24,25)(H2,10,12,18)(H2,19,20,21)/t5?,6?,7-,9-/m1/s1. The van der Waals surface area contributed by atoms with Crippen molar-refractivity contribution < 1.29 is 61.4 Å². The number of azide groups is 1. The van der Waals surface area contributed by atoms with Crippen LogP contribution in [0.3, 0.4) is 0 Å². The maximum Gasteiger partial charge on any atom is 0.490 e. The van der Waals surface area contributed by atoms with E-state index in [0.29, 0.717) is 4.57 Å². The van der Waals surface area contributed by atoms with Gasteiger partial charge in [-0.2, -0.15) is 13.6 Å². The van der Waals surface area contributed by atoms with E-state index in [9.17, 15) is 33.6 Å². The van der Waals surface area contributed by atoms with Crippen LogP contribution in [0.25, 0.3) is 10.4 Å². The van der Waals surface area contributed by atoms with E-state index in [-0.39, 0.29) is 5.82 Å². The van der Waals surface area contributed by atoms with Gasteiger partial charge in [-0.25, -0.2) is 18.5 Å². The Morgan fingerprint density at radius 3 is 2.41 bits per heavy atom. The first-order valence-electron chi connectivity index (χ1n) is 7.74. The van der Waals surface area contributed by atoms with Crippen molar-refractivity contribution in [2.24, 2.45) is 5.11 Å². The van der Waals surface area contributed by atoms with E-state index in [1.54, 1.807) is 0 Å². The first-order valence-corrected chi connectivity index (χ1v) is 12.3. The Hall–Kier alpha value is -1.72. The van der Waals surface area contributed by atoms with Crippen LogP contribution in [0.1, 0.15) is 6.23 Å². The molecule has 0 bridgehead atoms. The number of aliphatic hydroxyl groups excluding tert-OH is 2. The Morgan fingerprint density at radius 2 is 1.88 bits per heavy atom. The monoisotopic (exact) mass is 524 g/mol. The summed E-state index contributed by atoms with van der Waals surface area (Å²) in [4.78, 5) is 53.3. The van der Waals surface area contributed by atoms with Crippen LogP contribution >= 0.6 is 23.5 Å². The van der Waals surface area contributed by atoms with E-state index in [4.69, 9.17) is 30.7 Å². The van der Waals surface area contributed by atoms with Gasteiger partial charge in [-0.15, -0.1) is 0 Å². The summed E-state index contributed by atoms with van der Waals surface area (Å²) in [6.45, 7) is -1.44. The van der Waals surface area contributed by atoms with Crippen molar-refractivity contribution in [1.82, 2.24) is 9.55 Å². The summed E-state index contributed by atoms with van der Waals surface area (Å²) in [5, 5.41) is 23.6. The van der Waals surface area contributed by atoms with E-state index in [1.807, 2.05) is 0 Å². The zero-order chi connectivity index (χ0) is 24.5. The van der Waals surface area contributed by atoms with Crippen molar-refractivity contribution in [3.63, 3.8) is 0 Å². The highest BCUT2D eigenvalue weighted by Gasteiger charge is 2.56. The van der Waals surface area contributed by atoms with Crippen LogP contribution in [-0.2, 0) is 31.6 Å². The lowest BCUT2D eigenvalue weighted by molar-refractivity contribution is -0.123. The summed E-state index contributed by atoms with van der Waals surface area (Å²) in [6, 6.07) is 1.11. The second-order valence-corrected chi connectivity index (χ2v) is 10.3. The number of hydrogen-bond acceptors (Lipinski definition) is 13. The Kier molecular flexibility index (Phi) is 7.68. The Morgan fingerprint density at radius 1 is 1.25 bits per heavy atom. The van der Waals surface area contributed by atoms with Gasteiger partial charge in [-0.05, 0) is 11.6 Å². The lowest BCUT2D eigenvalue weighted by Crippen LogP contribution is -2.44. The van der Waals surface area contributed by atoms with Crippen molar-refractivity contribution in [3.8, 4) is 0 Å². The molecule has 6 atom stereocenters. The van der Waals surface area contributed by atoms with Gasteiger partial charge >= 0.3 is 29.2 Å². The third-order valence-electron chi connectivity index (χ3n) is 3.59. The fourth-order valence-electron chi connectivity index (χ4n) is 2.40. The van der Waals surface area contributed by atoms with Gasteiger partial charge < -0.3 is 40.3 Å². The molecule has 0 radical (unpaired) electrons. The number of phosphoric ester groups is 1. The van der Waals surface area contributed by atoms with Crippen LogP contribution in [0.5, 0.6) is 0 Å². The number of ether oxygens (including phenoxy) is 1. The molecule has 4 unspecified atom stereocenters. The maximum absolute atomic E-state index is 12.0. The molecule has 0 spiro atoms. The zero-order valence-electron chi connectivity index (χ0n) is 15.2. The number of nitrogen functional groups attached to an aromatic ring is 1. The Bertz CT molecular complexity index is 1120. The zero-order valence-corrected chi connectivity index (χ0v) is 17.9. The van der Waals surface area contributed by atoms with Crippen molar-refractivity contribution >= 4 is 29.3 Å². The Balaban J connectivity index is 2.28. The van der Waals surface area contributed by atoms with Gasteiger partial charge in [0.2, 0.25) is 5.72 Å². The molecule has 1 aliphatic rings. The molecular weight excluding hydrogens is 509 g/mol. The molecule has 1 aromatic heterocycles. The lowest BCUT2D eigenvalue weighted by atomic mass is 10.1. The van der Waals surface area contributed by atoms with Gasteiger partial charge in [0.25, 0.3) is 0 Å². The van der Waals surface area contributed by atoms with Gasteiger partial charge in [0.15, 0.2) is 6.23 Å². The molecular formula is C9H15N6O14P3. The van der Waals surface area contributed by atoms with Crippen LogP contribution in [-0.4, -0.2) is 63.9 Å². The molecule has 1 aliphatic heterocycles. The molecule has 0 saturated carbocycles.